The summed E-state index contributed by atoms with van der Waals surface area (Å²) in [5.41, 5.74) is 0.608. The second-order valence-corrected chi connectivity index (χ2v) is 7.16. The summed E-state index contributed by atoms with van der Waals surface area (Å²) in [5, 5.41) is 2.93. The zero-order valence-corrected chi connectivity index (χ0v) is 14.7. The molecule has 0 radical (unpaired) electrons. The highest BCUT2D eigenvalue weighted by Gasteiger charge is 2.38. The van der Waals surface area contributed by atoms with Crippen LogP contribution in [-0.4, -0.2) is 36.3 Å². The average Bonchev–Trinajstić information content (AvgIpc) is 3.17. The van der Waals surface area contributed by atoms with E-state index in [0.717, 1.165) is 51.6 Å². The van der Waals surface area contributed by atoms with Gasteiger partial charge in [0.1, 0.15) is 5.82 Å². The van der Waals surface area contributed by atoms with Crippen molar-refractivity contribution in [2.45, 2.75) is 44.9 Å². The standard InChI is InChI=1S/C20H27FN2O2/c21-18-10-4-1-7-15(18)11-12-22-19(24)16-8-2-3-9-17(16)20(25)23-13-5-6-14-23/h1,4,7,10,16-17H,2-3,5-6,8-9,11-14H2,(H,22,24)/t16-,17-/m0/s1. The smallest absolute Gasteiger partial charge is 0.226 e. The summed E-state index contributed by atoms with van der Waals surface area (Å²) in [6.07, 6.45) is 6.20. The number of carbonyl (C=O) groups is 2. The molecule has 1 aliphatic heterocycles. The third-order valence-corrected chi connectivity index (χ3v) is 5.49. The summed E-state index contributed by atoms with van der Waals surface area (Å²) >= 11 is 0. The number of hydrogen-bond acceptors (Lipinski definition) is 2. The van der Waals surface area contributed by atoms with Gasteiger partial charge in [-0.1, -0.05) is 31.0 Å². The first kappa shape index (κ1) is 17.9. The van der Waals surface area contributed by atoms with Crippen molar-refractivity contribution in [3.63, 3.8) is 0 Å². The Morgan fingerprint density at radius 1 is 1.04 bits per heavy atom. The fraction of sp³-hybridized carbons (Fsp3) is 0.600. The van der Waals surface area contributed by atoms with Crippen LogP contribution in [0.1, 0.15) is 44.1 Å². The highest BCUT2D eigenvalue weighted by Crippen LogP contribution is 2.32. The van der Waals surface area contributed by atoms with E-state index in [0.29, 0.717) is 18.5 Å². The number of likely N-dealkylation sites (tertiary alicyclic amines) is 1. The Hall–Kier alpha value is -1.91. The number of hydrogen-bond donors (Lipinski definition) is 1. The van der Waals surface area contributed by atoms with Crippen molar-refractivity contribution >= 4 is 11.8 Å². The molecule has 1 aliphatic carbocycles. The molecule has 3 rings (SSSR count). The van der Waals surface area contributed by atoms with E-state index in [1.807, 2.05) is 4.90 Å². The molecule has 0 spiro atoms. The molecule has 1 N–H and O–H groups in total. The minimum absolute atomic E-state index is 0.0476. The van der Waals surface area contributed by atoms with Gasteiger partial charge in [-0.05, 0) is 43.7 Å². The molecule has 2 fully saturated rings. The van der Waals surface area contributed by atoms with Crippen molar-refractivity contribution in [1.82, 2.24) is 10.2 Å². The van der Waals surface area contributed by atoms with Crippen molar-refractivity contribution < 1.29 is 14.0 Å². The molecule has 0 bridgehead atoms. The third-order valence-electron chi connectivity index (χ3n) is 5.49. The minimum atomic E-state index is -0.239. The fourth-order valence-electron chi connectivity index (χ4n) is 4.06. The van der Waals surface area contributed by atoms with Gasteiger partial charge in [-0.15, -0.1) is 0 Å². The van der Waals surface area contributed by atoms with Gasteiger partial charge in [-0.25, -0.2) is 4.39 Å². The maximum atomic E-state index is 13.6. The Labute approximate surface area is 148 Å². The van der Waals surface area contributed by atoms with Crippen LogP contribution in [0.2, 0.25) is 0 Å². The quantitative estimate of drug-likeness (QED) is 0.891. The van der Waals surface area contributed by atoms with Gasteiger partial charge in [0, 0.05) is 31.5 Å². The predicted molar refractivity (Wildman–Crippen MR) is 94.4 cm³/mol. The van der Waals surface area contributed by atoms with Gasteiger partial charge < -0.3 is 10.2 Å². The number of nitrogens with one attached hydrogen (secondary N) is 1. The lowest BCUT2D eigenvalue weighted by Gasteiger charge is -2.32. The molecule has 1 heterocycles. The molecule has 0 unspecified atom stereocenters. The number of carbonyl (C=O) groups excluding carboxylic acids is 2. The molecule has 0 aromatic heterocycles. The van der Waals surface area contributed by atoms with E-state index in [9.17, 15) is 14.0 Å². The van der Waals surface area contributed by atoms with E-state index in [2.05, 4.69) is 5.32 Å². The molecule has 1 aromatic carbocycles. The molecule has 1 saturated carbocycles. The fourth-order valence-corrected chi connectivity index (χ4v) is 4.06. The van der Waals surface area contributed by atoms with Gasteiger partial charge >= 0.3 is 0 Å². The summed E-state index contributed by atoms with van der Waals surface area (Å²) in [6, 6.07) is 6.63. The molecule has 2 atom stereocenters. The van der Waals surface area contributed by atoms with Crippen LogP contribution in [0, 0.1) is 17.7 Å². The zero-order chi connectivity index (χ0) is 17.6. The van der Waals surface area contributed by atoms with Crippen LogP contribution in [0.3, 0.4) is 0 Å². The highest BCUT2D eigenvalue weighted by molar-refractivity contribution is 5.88. The lowest BCUT2D eigenvalue weighted by Crippen LogP contribution is -2.45. The van der Waals surface area contributed by atoms with Crippen LogP contribution in [0.4, 0.5) is 4.39 Å². The summed E-state index contributed by atoms with van der Waals surface area (Å²) in [5.74, 6) is -0.542. The van der Waals surface area contributed by atoms with Gasteiger partial charge in [0.2, 0.25) is 11.8 Å². The lowest BCUT2D eigenvalue weighted by atomic mass is 9.78. The maximum Gasteiger partial charge on any atom is 0.226 e. The molecule has 1 aromatic rings. The van der Waals surface area contributed by atoms with E-state index < -0.39 is 0 Å². The van der Waals surface area contributed by atoms with E-state index in [-0.39, 0.29) is 29.5 Å². The molecule has 5 heteroatoms. The van der Waals surface area contributed by atoms with Crippen LogP contribution in [0.15, 0.2) is 24.3 Å². The second kappa shape index (κ2) is 8.45. The van der Waals surface area contributed by atoms with Crippen molar-refractivity contribution in [2.24, 2.45) is 11.8 Å². The molecule has 2 amide bonds. The molecule has 136 valence electrons. The Bertz CT molecular complexity index is 613. The van der Waals surface area contributed by atoms with Gasteiger partial charge in [0.05, 0.1) is 0 Å². The van der Waals surface area contributed by atoms with E-state index >= 15 is 0 Å². The Morgan fingerprint density at radius 3 is 2.44 bits per heavy atom. The van der Waals surface area contributed by atoms with Gasteiger partial charge in [-0.3, -0.25) is 9.59 Å². The van der Waals surface area contributed by atoms with Crippen LogP contribution in [0.5, 0.6) is 0 Å². The summed E-state index contributed by atoms with van der Waals surface area (Å²) in [6.45, 7) is 2.06. The highest BCUT2D eigenvalue weighted by atomic mass is 19.1. The van der Waals surface area contributed by atoms with Gasteiger partial charge in [-0.2, -0.15) is 0 Å². The maximum absolute atomic E-state index is 13.6. The number of amides is 2. The normalized spacial score (nSPS) is 23.5. The largest absolute Gasteiger partial charge is 0.356 e. The first-order valence-corrected chi connectivity index (χ1v) is 9.46. The third kappa shape index (κ3) is 4.39. The first-order valence-electron chi connectivity index (χ1n) is 9.46. The van der Waals surface area contributed by atoms with Crippen molar-refractivity contribution in [3.8, 4) is 0 Å². The van der Waals surface area contributed by atoms with E-state index in [1.165, 1.54) is 6.07 Å². The molecule has 4 nitrogen and oxygen atoms in total. The summed E-state index contributed by atoms with van der Waals surface area (Å²) in [7, 11) is 0. The molecule has 1 saturated heterocycles. The molecular formula is C20H27FN2O2. The average molecular weight is 346 g/mol. The SMILES string of the molecule is O=C(NCCc1ccccc1F)[C@H]1CCCC[C@@H]1C(=O)N1CCCC1. The zero-order valence-electron chi connectivity index (χ0n) is 14.7. The van der Waals surface area contributed by atoms with Crippen LogP contribution in [0.25, 0.3) is 0 Å². The van der Waals surface area contributed by atoms with Crippen molar-refractivity contribution in [1.29, 1.82) is 0 Å². The van der Waals surface area contributed by atoms with Gasteiger partial charge in [0.25, 0.3) is 0 Å². The van der Waals surface area contributed by atoms with E-state index in [1.54, 1.807) is 18.2 Å². The number of nitrogens with zero attached hydrogens (tertiary/aromatic N) is 1. The van der Waals surface area contributed by atoms with Crippen LogP contribution in [-0.2, 0) is 16.0 Å². The minimum Gasteiger partial charge on any atom is -0.356 e. The molecule has 25 heavy (non-hydrogen) atoms. The number of benzene rings is 1. The first-order chi connectivity index (χ1) is 12.2. The number of halogens is 1. The Balaban J connectivity index is 1.55. The van der Waals surface area contributed by atoms with Crippen LogP contribution < -0.4 is 5.32 Å². The Kier molecular flexibility index (Phi) is 6.05. The lowest BCUT2D eigenvalue weighted by molar-refractivity contribution is -0.142. The van der Waals surface area contributed by atoms with Crippen molar-refractivity contribution in [3.05, 3.63) is 35.6 Å². The summed E-state index contributed by atoms with van der Waals surface area (Å²) in [4.78, 5) is 27.3. The molecular weight excluding hydrogens is 319 g/mol. The van der Waals surface area contributed by atoms with E-state index in [4.69, 9.17) is 0 Å². The monoisotopic (exact) mass is 346 g/mol. The molecule has 2 aliphatic rings. The van der Waals surface area contributed by atoms with Crippen LogP contribution >= 0.6 is 0 Å². The summed E-state index contributed by atoms with van der Waals surface area (Å²) < 4.78 is 13.6. The number of rotatable bonds is 5. The second-order valence-electron chi connectivity index (χ2n) is 7.16. The predicted octanol–water partition coefficient (Wildman–Crippen LogP) is 2.91. The Morgan fingerprint density at radius 2 is 1.72 bits per heavy atom. The topological polar surface area (TPSA) is 49.4 Å². The van der Waals surface area contributed by atoms with Crippen molar-refractivity contribution in [2.75, 3.05) is 19.6 Å². The van der Waals surface area contributed by atoms with Gasteiger partial charge in [0.15, 0.2) is 0 Å².